The highest BCUT2D eigenvalue weighted by atomic mass is 16.5. The highest BCUT2D eigenvalue weighted by molar-refractivity contribution is 5.79. The smallest absolute Gasteiger partial charge is 0.223 e. The fourth-order valence-corrected chi connectivity index (χ4v) is 3.73. The number of amides is 1. The van der Waals surface area contributed by atoms with Gasteiger partial charge in [-0.15, -0.1) is 0 Å². The summed E-state index contributed by atoms with van der Waals surface area (Å²) in [5, 5.41) is 19.1. The topological polar surface area (TPSA) is 73.6 Å². The van der Waals surface area contributed by atoms with Crippen LogP contribution in [-0.2, 0) is 22.6 Å². The molecule has 1 aliphatic rings. The van der Waals surface area contributed by atoms with Crippen molar-refractivity contribution in [1.29, 1.82) is 5.26 Å². The van der Waals surface area contributed by atoms with Crippen LogP contribution in [0.15, 0.2) is 36.1 Å². The molecule has 1 amide bonds. The first kappa shape index (κ1) is 22.0. The van der Waals surface area contributed by atoms with E-state index in [9.17, 15) is 9.90 Å². The largest absolute Gasteiger partial charge is 0.510 e. The zero-order valence-electron chi connectivity index (χ0n) is 16.9. The predicted octanol–water partition coefficient (Wildman–Crippen LogP) is 4.67. The Morgan fingerprint density at radius 1 is 1.32 bits per heavy atom. The third-order valence-corrected chi connectivity index (χ3v) is 5.20. The summed E-state index contributed by atoms with van der Waals surface area (Å²) in [4.78, 5) is 14.0. The number of unbranched alkanes of at least 4 members (excludes halogenated alkanes) is 4. The second-order valence-electron chi connectivity index (χ2n) is 7.38. The number of allylic oxidation sites excluding steroid dienone is 1. The van der Waals surface area contributed by atoms with Crippen LogP contribution in [0.3, 0.4) is 0 Å². The first-order chi connectivity index (χ1) is 13.7. The van der Waals surface area contributed by atoms with Gasteiger partial charge in [-0.05, 0) is 49.3 Å². The number of likely N-dealkylation sites (tertiary alicyclic amines) is 1. The van der Waals surface area contributed by atoms with Gasteiger partial charge in [0.1, 0.15) is 5.76 Å². The zero-order valence-corrected chi connectivity index (χ0v) is 16.9. The maximum Gasteiger partial charge on any atom is 0.223 e. The number of aliphatic hydroxyl groups excluding tert-OH is 1. The molecule has 28 heavy (non-hydrogen) atoms. The maximum absolute atomic E-state index is 12.2. The number of carbonyl (C=O) groups excluding carboxylic acids is 1. The zero-order chi connectivity index (χ0) is 20.2. The number of benzene rings is 1. The molecule has 5 nitrogen and oxygen atoms in total. The van der Waals surface area contributed by atoms with Crippen molar-refractivity contribution in [2.45, 2.75) is 70.4 Å². The summed E-state index contributed by atoms with van der Waals surface area (Å²) in [6.07, 6.45) is 9.14. The van der Waals surface area contributed by atoms with E-state index in [0.717, 1.165) is 44.1 Å². The lowest BCUT2D eigenvalue weighted by atomic mass is 10.1. The molecule has 0 aliphatic carbocycles. The molecular weight excluding hydrogens is 352 g/mol. The minimum absolute atomic E-state index is 0.134. The molecule has 0 bridgehead atoms. The standard InChI is InChI=1S/C23H32N2O3/c1-28-18-20-11-7-9-19(17-20)10-8-12-22(26)21-13-14-23(27)25(21)16-6-4-2-3-5-15-24/h7,9,11-12,17,21,26H,2-6,8,10,13-14,16,18H2,1H3/b22-12-. The highest BCUT2D eigenvalue weighted by Crippen LogP contribution is 2.25. The monoisotopic (exact) mass is 384 g/mol. The third-order valence-electron chi connectivity index (χ3n) is 5.20. The van der Waals surface area contributed by atoms with Crippen molar-refractivity contribution in [3.05, 3.63) is 47.2 Å². The van der Waals surface area contributed by atoms with Gasteiger partial charge in [-0.2, -0.15) is 5.26 Å². The van der Waals surface area contributed by atoms with E-state index < -0.39 is 0 Å². The summed E-state index contributed by atoms with van der Waals surface area (Å²) >= 11 is 0. The van der Waals surface area contributed by atoms with E-state index in [2.05, 4.69) is 18.2 Å². The number of hydrogen-bond acceptors (Lipinski definition) is 4. The van der Waals surface area contributed by atoms with E-state index in [1.54, 1.807) is 7.11 Å². The van der Waals surface area contributed by atoms with Crippen molar-refractivity contribution in [3.63, 3.8) is 0 Å². The molecule has 1 saturated heterocycles. The van der Waals surface area contributed by atoms with Gasteiger partial charge in [0, 0.05) is 26.5 Å². The Bertz CT molecular complexity index is 693. The number of ether oxygens (including phenoxy) is 1. The van der Waals surface area contributed by atoms with Gasteiger partial charge in [0.15, 0.2) is 0 Å². The summed E-state index contributed by atoms with van der Waals surface area (Å²) in [7, 11) is 1.69. The Morgan fingerprint density at radius 2 is 2.11 bits per heavy atom. The second-order valence-corrected chi connectivity index (χ2v) is 7.38. The van der Waals surface area contributed by atoms with Crippen molar-refractivity contribution in [3.8, 4) is 6.07 Å². The molecule has 1 atom stereocenters. The number of aryl methyl sites for hydroxylation is 1. The van der Waals surface area contributed by atoms with Crippen molar-refractivity contribution in [1.82, 2.24) is 4.90 Å². The minimum atomic E-state index is -0.175. The van der Waals surface area contributed by atoms with Crippen LogP contribution in [-0.4, -0.2) is 35.6 Å². The molecule has 1 aromatic rings. The number of aliphatic hydroxyl groups is 1. The Balaban J connectivity index is 1.81. The van der Waals surface area contributed by atoms with Crippen LogP contribution in [0.25, 0.3) is 0 Å². The number of rotatable bonds is 12. The summed E-state index contributed by atoms with van der Waals surface area (Å²) in [5.41, 5.74) is 2.37. The lowest BCUT2D eigenvalue weighted by molar-refractivity contribution is -0.128. The fourth-order valence-electron chi connectivity index (χ4n) is 3.73. The summed E-state index contributed by atoms with van der Waals surface area (Å²) in [6.45, 7) is 1.29. The Morgan fingerprint density at radius 3 is 2.89 bits per heavy atom. The number of nitrogens with zero attached hydrogens (tertiary/aromatic N) is 2. The molecular formula is C23H32N2O3. The van der Waals surface area contributed by atoms with E-state index in [4.69, 9.17) is 10.00 Å². The quantitative estimate of drug-likeness (QED) is 0.420. The predicted molar refractivity (Wildman–Crippen MR) is 110 cm³/mol. The van der Waals surface area contributed by atoms with Crippen LogP contribution < -0.4 is 0 Å². The van der Waals surface area contributed by atoms with Gasteiger partial charge >= 0.3 is 0 Å². The van der Waals surface area contributed by atoms with Gasteiger partial charge < -0.3 is 14.7 Å². The molecule has 1 aliphatic heterocycles. The molecule has 5 heteroatoms. The molecule has 1 unspecified atom stereocenters. The van der Waals surface area contributed by atoms with Gasteiger partial charge in [0.25, 0.3) is 0 Å². The Kier molecular flexibility index (Phi) is 9.57. The third kappa shape index (κ3) is 7.01. The van der Waals surface area contributed by atoms with Crippen molar-refractivity contribution >= 4 is 5.91 Å². The summed E-state index contributed by atoms with van der Waals surface area (Å²) in [6, 6.07) is 10.3. The van der Waals surface area contributed by atoms with Crippen LogP contribution in [0.2, 0.25) is 0 Å². The molecule has 1 aromatic carbocycles. The molecule has 1 N–H and O–H groups in total. The molecule has 0 saturated carbocycles. The molecule has 0 aromatic heterocycles. The van der Waals surface area contributed by atoms with E-state index in [1.165, 1.54) is 5.56 Å². The molecule has 2 rings (SSSR count). The minimum Gasteiger partial charge on any atom is -0.510 e. The highest BCUT2D eigenvalue weighted by Gasteiger charge is 2.32. The van der Waals surface area contributed by atoms with E-state index in [1.807, 2.05) is 23.1 Å². The van der Waals surface area contributed by atoms with Gasteiger partial charge in [-0.1, -0.05) is 37.1 Å². The molecule has 1 fully saturated rings. The van der Waals surface area contributed by atoms with Gasteiger partial charge in [-0.25, -0.2) is 0 Å². The summed E-state index contributed by atoms with van der Waals surface area (Å²) in [5.74, 6) is 0.456. The van der Waals surface area contributed by atoms with Crippen LogP contribution in [0.4, 0.5) is 0 Å². The van der Waals surface area contributed by atoms with E-state index in [-0.39, 0.29) is 11.9 Å². The fraction of sp³-hybridized carbons (Fsp3) is 0.565. The maximum atomic E-state index is 12.2. The molecule has 152 valence electrons. The average Bonchev–Trinajstić information content (AvgIpc) is 3.06. The lowest BCUT2D eigenvalue weighted by Gasteiger charge is -2.24. The molecule has 1 heterocycles. The van der Waals surface area contributed by atoms with Gasteiger partial charge in [0.05, 0.1) is 18.7 Å². The SMILES string of the molecule is COCc1cccc(CC/C=C(\O)C2CCC(=O)N2CCCCCCC#N)c1. The van der Waals surface area contributed by atoms with Crippen molar-refractivity contribution in [2.75, 3.05) is 13.7 Å². The average molecular weight is 385 g/mol. The Hall–Kier alpha value is -2.32. The van der Waals surface area contributed by atoms with Crippen molar-refractivity contribution < 1.29 is 14.6 Å². The van der Waals surface area contributed by atoms with Crippen molar-refractivity contribution in [2.24, 2.45) is 0 Å². The van der Waals surface area contributed by atoms with Gasteiger partial charge in [0.2, 0.25) is 5.91 Å². The first-order valence-electron chi connectivity index (χ1n) is 10.3. The second kappa shape index (κ2) is 12.2. The van der Waals surface area contributed by atoms with E-state index >= 15 is 0 Å². The lowest BCUT2D eigenvalue weighted by Crippen LogP contribution is -2.35. The molecule has 0 spiro atoms. The van der Waals surface area contributed by atoms with E-state index in [0.29, 0.717) is 38.2 Å². The van der Waals surface area contributed by atoms with Crippen LogP contribution in [0.5, 0.6) is 0 Å². The van der Waals surface area contributed by atoms with Gasteiger partial charge in [-0.3, -0.25) is 4.79 Å². The van der Waals surface area contributed by atoms with Crippen LogP contribution in [0.1, 0.15) is 62.5 Å². The van der Waals surface area contributed by atoms with Crippen LogP contribution in [0, 0.1) is 11.3 Å². The first-order valence-corrected chi connectivity index (χ1v) is 10.3. The number of methoxy groups -OCH3 is 1. The normalized spacial score (nSPS) is 17.1. The Labute approximate surface area is 168 Å². The molecule has 0 radical (unpaired) electrons. The number of hydrogen-bond donors (Lipinski definition) is 1. The summed E-state index contributed by atoms with van der Waals surface area (Å²) < 4.78 is 5.17. The number of carbonyl (C=O) groups is 1. The van der Waals surface area contributed by atoms with Crippen LogP contribution >= 0.6 is 0 Å². The number of nitriles is 1.